The Kier molecular flexibility index (Phi) is 5.45. The van der Waals surface area contributed by atoms with Gasteiger partial charge in [0.2, 0.25) is 0 Å². The lowest BCUT2D eigenvalue weighted by atomic mass is 9.48. The van der Waals surface area contributed by atoms with Gasteiger partial charge in [0.25, 0.3) is 0 Å². The number of aliphatic hydroxyl groups excluding tert-OH is 1. The molecule has 0 aromatic carbocycles. The van der Waals surface area contributed by atoms with Crippen molar-refractivity contribution in [2.75, 3.05) is 26.4 Å². The fourth-order valence-electron chi connectivity index (χ4n) is 5.61. The highest BCUT2D eigenvalue weighted by atomic mass is 16.5. The zero-order valence-electron chi connectivity index (χ0n) is 14.6. The Morgan fingerprint density at radius 3 is 2.21 bits per heavy atom. The van der Waals surface area contributed by atoms with Gasteiger partial charge in [0.1, 0.15) is 0 Å². The molecular weight excluding hydrogens is 308 g/mol. The van der Waals surface area contributed by atoms with Crippen molar-refractivity contribution in [3.05, 3.63) is 0 Å². The topological polar surface area (TPSA) is 87.7 Å². The lowest BCUT2D eigenvalue weighted by Gasteiger charge is -2.59. The molecule has 4 bridgehead atoms. The van der Waals surface area contributed by atoms with Gasteiger partial charge in [0.15, 0.2) is 0 Å². The summed E-state index contributed by atoms with van der Waals surface area (Å²) in [7, 11) is 0. The summed E-state index contributed by atoms with van der Waals surface area (Å²) < 4.78 is 5.06. The van der Waals surface area contributed by atoms with E-state index in [0.29, 0.717) is 6.61 Å². The van der Waals surface area contributed by atoms with Gasteiger partial charge in [-0.2, -0.15) is 0 Å². The number of nitrogens with one attached hydrogen (secondary N) is 2. The van der Waals surface area contributed by atoms with Crippen LogP contribution in [-0.2, 0) is 14.3 Å². The molecule has 4 aliphatic rings. The summed E-state index contributed by atoms with van der Waals surface area (Å²) in [6, 6.07) is 0.0507. The van der Waals surface area contributed by atoms with Crippen LogP contribution in [0.3, 0.4) is 0 Å². The third kappa shape index (κ3) is 3.75. The van der Waals surface area contributed by atoms with Crippen LogP contribution >= 0.6 is 0 Å². The number of carbonyl (C=O) groups excluding carboxylic acids is 2. The fourth-order valence-corrected chi connectivity index (χ4v) is 5.61. The molecule has 4 saturated carbocycles. The number of ether oxygens (including phenoxy) is 1. The molecule has 6 nitrogen and oxygen atoms in total. The van der Waals surface area contributed by atoms with E-state index < -0.39 is 11.8 Å². The number of hydrogen-bond acceptors (Lipinski definition) is 4. The molecule has 0 aromatic rings. The lowest BCUT2D eigenvalue weighted by molar-refractivity contribution is -0.141. The zero-order valence-corrected chi connectivity index (χ0v) is 14.6. The second-order valence-corrected chi connectivity index (χ2v) is 8.07. The molecule has 4 rings (SSSR count). The molecule has 0 radical (unpaired) electrons. The maximum atomic E-state index is 12.2. The van der Waals surface area contributed by atoms with Crippen molar-refractivity contribution in [2.24, 2.45) is 23.2 Å². The van der Waals surface area contributed by atoms with Crippen LogP contribution in [0.25, 0.3) is 0 Å². The van der Waals surface area contributed by atoms with Gasteiger partial charge in [-0.15, -0.1) is 0 Å². The third-order valence-electron chi connectivity index (χ3n) is 6.33. The Bertz CT molecular complexity index is 444. The minimum Gasteiger partial charge on any atom is -0.394 e. The average molecular weight is 338 g/mol. The van der Waals surface area contributed by atoms with Crippen LogP contribution in [0, 0.1) is 23.2 Å². The van der Waals surface area contributed by atoms with Crippen molar-refractivity contribution in [2.45, 2.75) is 51.5 Å². The maximum absolute atomic E-state index is 12.2. The van der Waals surface area contributed by atoms with Gasteiger partial charge < -0.3 is 20.5 Å². The molecule has 1 atom stereocenters. The van der Waals surface area contributed by atoms with Gasteiger partial charge in [0, 0.05) is 12.6 Å². The molecule has 24 heavy (non-hydrogen) atoms. The second kappa shape index (κ2) is 7.40. The van der Waals surface area contributed by atoms with E-state index in [1.807, 2.05) is 0 Å². The summed E-state index contributed by atoms with van der Waals surface area (Å²) in [6.07, 6.45) is 7.72. The minimum atomic E-state index is -0.598. The largest absolute Gasteiger partial charge is 0.394 e. The van der Waals surface area contributed by atoms with Gasteiger partial charge in [-0.3, -0.25) is 9.59 Å². The molecule has 6 heteroatoms. The van der Waals surface area contributed by atoms with Gasteiger partial charge in [0.05, 0.1) is 19.8 Å². The predicted octanol–water partition coefficient (Wildman–Crippen LogP) is 0.833. The quantitative estimate of drug-likeness (QED) is 0.474. The number of rotatable bonds is 7. The molecule has 0 saturated heterocycles. The van der Waals surface area contributed by atoms with E-state index >= 15 is 0 Å². The number of hydrogen-bond donors (Lipinski definition) is 3. The summed E-state index contributed by atoms with van der Waals surface area (Å²) in [5.74, 6) is 1.34. The molecule has 3 N–H and O–H groups in total. The Morgan fingerprint density at radius 1 is 1.08 bits per heavy atom. The van der Waals surface area contributed by atoms with Gasteiger partial charge in [-0.25, -0.2) is 0 Å². The molecule has 136 valence electrons. The van der Waals surface area contributed by atoms with E-state index in [9.17, 15) is 9.59 Å². The monoisotopic (exact) mass is 338 g/mol. The summed E-state index contributed by atoms with van der Waals surface area (Å²) >= 11 is 0. The molecule has 0 aromatic heterocycles. The first-order valence-corrected chi connectivity index (χ1v) is 9.29. The summed E-state index contributed by atoms with van der Waals surface area (Å²) in [6.45, 7) is 2.84. The van der Waals surface area contributed by atoms with E-state index in [4.69, 9.17) is 9.84 Å². The molecule has 1 unspecified atom stereocenters. The molecule has 0 aliphatic heterocycles. The molecular formula is C18H30N2O4. The molecule has 4 fully saturated rings. The van der Waals surface area contributed by atoms with Gasteiger partial charge >= 0.3 is 11.8 Å². The van der Waals surface area contributed by atoms with E-state index in [1.165, 1.54) is 38.5 Å². The van der Waals surface area contributed by atoms with Crippen LogP contribution in [0.1, 0.15) is 45.4 Å². The van der Waals surface area contributed by atoms with Crippen LogP contribution in [0.4, 0.5) is 0 Å². The number of aliphatic hydroxyl groups is 1. The summed E-state index contributed by atoms with van der Waals surface area (Å²) in [5.41, 5.74) is 0.203. The highest BCUT2D eigenvalue weighted by molar-refractivity contribution is 6.35. The number of amides is 2. The molecule has 2 amide bonds. The Hall–Kier alpha value is -1.14. The SMILES string of the molecule is CC(NC(=O)C(=O)NCCOCCO)C12CC3CC(CC(C3)C1)C2. The van der Waals surface area contributed by atoms with Crippen LogP contribution < -0.4 is 10.6 Å². The van der Waals surface area contributed by atoms with Crippen LogP contribution in [0.2, 0.25) is 0 Å². The smallest absolute Gasteiger partial charge is 0.309 e. The summed E-state index contributed by atoms with van der Waals surface area (Å²) in [5, 5.41) is 14.1. The first-order chi connectivity index (χ1) is 11.5. The zero-order chi connectivity index (χ0) is 17.2. The van der Waals surface area contributed by atoms with Crippen LogP contribution in [-0.4, -0.2) is 49.3 Å². The molecule has 4 aliphatic carbocycles. The van der Waals surface area contributed by atoms with Crippen molar-refractivity contribution in [3.63, 3.8) is 0 Å². The van der Waals surface area contributed by atoms with Crippen LogP contribution in [0.15, 0.2) is 0 Å². The van der Waals surface area contributed by atoms with E-state index in [-0.39, 0.29) is 31.2 Å². The van der Waals surface area contributed by atoms with Crippen molar-refractivity contribution in [3.8, 4) is 0 Å². The first kappa shape index (κ1) is 17.7. The second-order valence-electron chi connectivity index (χ2n) is 8.07. The molecule has 0 spiro atoms. The van der Waals surface area contributed by atoms with E-state index in [1.54, 1.807) is 0 Å². The van der Waals surface area contributed by atoms with Crippen molar-refractivity contribution >= 4 is 11.8 Å². The van der Waals surface area contributed by atoms with E-state index in [2.05, 4.69) is 17.6 Å². The third-order valence-corrected chi connectivity index (χ3v) is 6.33. The Balaban J connectivity index is 1.47. The Labute approximate surface area is 143 Å². The van der Waals surface area contributed by atoms with Crippen molar-refractivity contribution in [1.82, 2.24) is 10.6 Å². The lowest BCUT2D eigenvalue weighted by Crippen LogP contribution is -2.57. The van der Waals surface area contributed by atoms with Crippen molar-refractivity contribution in [1.29, 1.82) is 0 Å². The highest BCUT2D eigenvalue weighted by Gasteiger charge is 2.53. The molecule has 0 heterocycles. The summed E-state index contributed by atoms with van der Waals surface area (Å²) in [4.78, 5) is 24.1. The normalized spacial score (nSPS) is 34.8. The van der Waals surface area contributed by atoms with Gasteiger partial charge in [-0.1, -0.05) is 0 Å². The standard InChI is InChI=1S/C18H30N2O4/c1-12(20-17(23)16(22)19-2-4-24-5-3-21)18-9-13-6-14(10-18)8-15(7-13)11-18/h12-15,21H,2-11H2,1H3,(H,19,22)(H,20,23). The number of carbonyl (C=O) groups is 2. The van der Waals surface area contributed by atoms with Crippen LogP contribution in [0.5, 0.6) is 0 Å². The Morgan fingerprint density at radius 2 is 1.67 bits per heavy atom. The fraction of sp³-hybridized carbons (Fsp3) is 0.889. The minimum absolute atomic E-state index is 0.0446. The highest BCUT2D eigenvalue weighted by Crippen LogP contribution is 2.61. The van der Waals surface area contributed by atoms with Gasteiger partial charge in [-0.05, 0) is 68.6 Å². The average Bonchev–Trinajstić information content (AvgIpc) is 2.53. The van der Waals surface area contributed by atoms with Crippen molar-refractivity contribution < 1.29 is 19.4 Å². The maximum Gasteiger partial charge on any atom is 0.309 e. The first-order valence-electron chi connectivity index (χ1n) is 9.29. The predicted molar refractivity (Wildman–Crippen MR) is 89.1 cm³/mol. The van der Waals surface area contributed by atoms with E-state index in [0.717, 1.165) is 17.8 Å².